The lowest BCUT2D eigenvalue weighted by molar-refractivity contribution is -0.0721. The summed E-state index contributed by atoms with van der Waals surface area (Å²) in [6, 6.07) is 4.23. The van der Waals surface area contributed by atoms with Crippen LogP contribution in [0.25, 0.3) is 0 Å². The van der Waals surface area contributed by atoms with E-state index in [1.807, 2.05) is 5.06 Å². The summed E-state index contributed by atoms with van der Waals surface area (Å²) >= 11 is 0. The van der Waals surface area contributed by atoms with Crippen molar-refractivity contribution >= 4 is 5.97 Å². The summed E-state index contributed by atoms with van der Waals surface area (Å²) in [6.07, 6.45) is 3.40. The number of nitrogens with zero attached hydrogens (tertiary/aromatic N) is 1. The minimum Gasteiger partial charge on any atom is -0.507 e. The van der Waals surface area contributed by atoms with Crippen LogP contribution in [-0.4, -0.2) is 34.3 Å². The van der Waals surface area contributed by atoms with Crippen LogP contribution in [0.5, 0.6) is 11.5 Å². The van der Waals surface area contributed by atoms with Gasteiger partial charge >= 0.3 is 5.97 Å². The maximum Gasteiger partial charge on any atom is 0.339 e. The van der Waals surface area contributed by atoms with E-state index in [9.17, 15) is 9.90 Å². The maximum atomic E-state index is 10.7. The quantitative estimate of drug-likeness (QED) is 0.839. The number of carboxylic acid groups (broad SMARTS) is 1. The van der Waals surface area contributed by atoms with Crippen LogP contribution < -0.4 is 4.84 Å². The molecule has 1 fully saturated rings. The molecular formula is C12H15NO4. The van der Waals surface area contributed by atoms with Gasteiger partial charge in [-0.15, -0.1) is 5.06 Å². The molecule has 0 radical (unpaired) electrons. The first-order valence-electron chi connectivity index (χ1n) is 5.66. The van der Waals surface area contributed by atoms with Gasteiger partial charge in [0.05, 0.1) is 0 Å². The van der Waals surface area contributed by atoms with Crippen LogP contribution in [0, 0.1) is 0 Å². The van der Waals surface area contributed by atoms with Crippen LogP contribution in [-0.2, 0) is 0 Å². The molecule has 2 rings (SSSR count). The van der Waals surface area contributed by atoms with Crippen molar-refractivity contribution < 1.29 is 19.8 Å². The van der Waals surface area contributed by atoms with E-state index in [2.05, 4.69) is 0 Å². The van der Waals surface area contributed by atoms with Crippen molar-refractivity contribution in [3.05, 3.63) is 23.8 Å². The van der Waals surface area contributed by atoms with Gasteiger partial charge < -0.3 is 15.1 Å². The fourth-order valence-electron chi connectivity index (χ4n) is 1.85. The molecule has 0 saturated carbocycles. The molecule has 0 bridgehead atoms. The van der Waals surface area contributed by atoms with Crippen LogP contribution in [0.1, 0.15) is 29.6 Å². The minimum absolute atomic E-state index is 0.115. The molecule has 1 aromatic carbocycles. The van der Waals surface area contributed by atoms with Crippen molar-refractivity contribution in [1.82, 2.24) is 5.06 Å². The third kappa shape index (κ3) is 2.88. The highest BCUT2D eigenvalue weighted by Gasteiger charge is 2.14. The Balaban J connectivity index is 2.06. The Hall–Kier alpha value is -1.75. The summed E-state index contributed by atoms with van der Waals surface area (Å²) in [5.74, 6) is -0.951. The van der Waals surface area contributed by atoms with Gasteiger partial charge in [0.2, 0.25) is 0 Å². The number of hydroxylamine groups is 2. The number of piperidine rings is 1. The highest BCUT2D eigenvalue weighted by atomic mass is 16.7. The summed E-state index contributed by atoms with van der Waals surface area (Å²) in [5, 5.41) is 20.1. The Bertz CT molecular complexity index is 413. The summed E-state index contributed by atoms with van der Waals surface area (Å²) in [7, 11) is 0. The first-order valence-corrected chi connectivity index (χ1v) is 5.66. The molecule has 5 nitrogen and oxygen atoms in total. The predicted molar refractivity (Wildman–Crippen MR) is 61.1 cm³/mol. The molecule has 0 unspecified atom stereocenters. The van der Waals surface area contributed by atoms with Crippen molar-refractivity contribution in [3.63, 3.8) is 0 Å². The number of phenols is 1. The Labute approximate surface area is 99.2 Å². The van der Waals surface area contributed by atoms with Crippen LogP contribution in [0.4, 0.5) is 0 Å². The van der Waals surface area contributed by atoms with Crippen LogP contribution in [0.15, 0.2) is 18.2 Å². The Morgan fingerprint density at radius 2 is 1.94 bits per heavy atom. The first-order chi connectivity index (χ1) is 8.16. The van der Waals surface area contributed by atoms with Crippen molar-refractivity contribution in [2.45, 2.75) is 19.3 Å². The van der Waals surface area contributed by atoms with Crippen LogP contribution in [0.2, 0.25) is 0 Å². The van der Waals surface area contributed by atoms with Gasteiger partial charge in [-0.05, 0) is 25.0 Å². The number of hydrogen-bond donors (Lipinski definition) is 2. The summed E-state index contributed by atoms with van der Waals surface area (Å²) in [5.41, 5.74) is -0.115. The van der Waals surface area contributed by atoms with Crippen molar-refractivity contribution in [2.24, 2.45) is 0 Å². The van der Waals surface area contributed by atoms with Crippen LogP contribution in [0.3, 0.4) is 0 Å². The van der Waals surface area contributed by atoms with Gasteiger partial charge in [0.25, 0.3) is 0 Å². The second-order valence-corrected chi connectivity index (χ2v) is 4.07. The highest BCUT2D eigenvalue weighted by Crippen LogP contribution is 2.24. The molecule has 2 N–H and O–H groups in total. The van der Waals surface area contributed by atoms with E-state index in [1.54, 1.807) is 6.07 Å². The molecule has 1 aliphatic heterocycles. The maximum absolute atomic E-state index is 10.7. The van der Waals surface area contributed by atoms with Gasteiger partial charge in [0, 0.05) is 19.2 Å². The molecule has 1 heterocycles. The summed E-state index contributed by atoms with van der Waals surface area (Å²) in [6.45, 7) is 1.73. The molecular weight excluding hydrogens is 222 g/mol. The lowest BCUT2D eigenvalue weighted by Gasteiger charge is -2.26. The first kappa shape index (κ1) is 11.7. The standard InChI is InChI=1S/C12H15NO4/c14-11-8-9(4-5-10(11)12(15)16)17-13-6-2-1-3-7-13/h4-5,8,14H,1-3,6-7H2,(H,15,16). The number of rotatable bonds is 3. The molecule has 5 heteroatoms. The van der Waals surface area contributed by atoms with Crippen molar-refractivity contribution in [1.29, 1.82) is 0 Å². The average Bonchev–Trinajstić information content (AvgIpc) is 2.30. The molecule has 0 atom stereocenters. The topological polar surface area (TPSA) is 70.0 Å². The van der Waals surface area contributed by atoms with Gasteiger partial charge in [-0.25, -0.2) is 4.79 Å². The zero-order valence-corrected chi connectivity index (χ0v) is 9.43. The lowest BCUT2D eigenvalue weighted by atomic mass is 10.2. The van der Waals surface area contributed by atoms with E-state index in [0.29, 0.717) is 5.75 Å². The summed E-state index contributed by atoms with van der Waals surface area (Å²) < 4.78 is 0. The average molecular weight is 237 g/mol. The Kier molecular flexibility index (Phi) is 3.49. The fraction of sp³-hybridized carbons (Fsp3) is 0.417. The Morgan fingerprint density at radius 3 is 2.53 bits per heavy atom. The molecule has 17 heavy (non-hydrogen) atoms. The van der Waals surface area contributed by atoms with E-state index in [-0.39, 0.29) is 11.3 Å². The minimum atomic E-state index is -1.15. The van der Waals surface area contributed by atoms with Gasteiger partial charge in [-0.1, -0.05) is 6.42 Å². The highest BCUT2D eigenvalue weighted by molar-refractivity contribution is 5.90. The van der Waals surface area contributed by atoms with E-state index >= 15 is 0 Å². The molecule has 0 aromatic heterocycles. The molecule has 1 aliphatic rings. The van der Waals surface area contributed by atoms with E-state index in [1.165, 1.54) is 18.6 Å². The predicted octanol–water partition coefficient (Wildman–Crippen LogP) is 1.87. The van der Waals surface area contributed by atoms with Gasteiger partial charge in [0.15, 0.2) is 5.75 Å². The number of carbonyl (C=O) groups is 1. The normalized spacial score (nSPS) is 16.7. The largest absolute Gasteiger partial charge is 0.507 e. The second kappa shape index (κ2) is 5.05. The molecule has 0 amide bonds. The molecule has 0 aliphatic carbocycles. The SMILES string of the molecule is O=C(O)c1ccc(ON2CCCCC2)cc1O. The number of aromatic hydroxyl groups is 1. The van der Waals surface area contributed by atoms with Crippen LogP contribution >= 0.6 is 0 Å². The third-order valence-corrected chi connectivity index (χ3v) is 2.75. The van der Waals surface area contributed by atoms with E-state index in [4.69, 9.17) is 9.94 Å². The number of benzene rings is 1. The lowest BCUT2D eigenvalue weighted by Crippen LogP contribution is -2.32. The number of aromatic carboxylic acids is 1. The van der Waals surface area contributed by atoms with E-state index in [0.717, 1.165) is 25.9 Å². The molecule has 1 aromatic rings. The van der Waals surface area contributed by atoms with Gasteiger partial charge in [-0.3, -0.25) is 0 Å². The Morgan fingerprint density at radius 1 is 1.24 bits per heavy atom. The smallest absolute Gasteiger partial charge is 0.339 e. The number of hydrogen-bond acceptors (Lipinski definition) is 4. The van der Waals surface area contributed by atoms with Crippen molar-refractivity contribution in [2.75, 3.05) is 13.1 Å². The monoisotopic (exact) mass is 237 g/mol. The fourth-order valence-corrected chi connectivity index (χ4v) is 1.85. The van der Waals surface area contributed by atoms with Crippen molar-refractivity contribution in [3.8, 4) is 11.5 Å². The zero-order chi connectivity index (χ0) is 12.3. The third-order valence-electron chi connectivity index (χ3n) is 2.75. The zero-order valence-electron chi connectivity index (χ0n) is 9.43. The summed E-state index contributed by atoms with van der Waals surface area (Å²) in [4.78, 5) is 16.3. The molecule has 0 spiro atoms. The molecule has 1 saturated heterocycles. The van der Waals surface area contributed by atoms with Gasteiger partial charge in [-0.2, -0.15) is 0 Å². The molecule has 92 valence electrons. The number of carboxylic acids is 1. The second-order valence-electron chi connectivity index (χ2n) is 4.07. The van der Waals surface area contributed by atoms with Gasteiger partial charge in [0.1, 0.15) is 11.3 Å². The van der Waals surface area contributed by atoms with E-state index < -0.39 is 5.97 Å².